The predicted octanol–water partition coefficient (Wildman–Crippen LogP) is 0.632. The average molecular weight is 381 g/mol. The number of nitrogens with one attached hydrogen (secondary N) is 4. The number of amides is 1. The lowest BCUT2D eigenvalue weighted by Crippen LogP contribution is -2.52. The highest BCUT2D eigenvalue weighted by Crippen LogP contribution is 2.28. The number of hydrazine groups is 1. The van der Waals surface area contributed by atoms with Crippen LogP contribution in [0.3, 0.4) is 0 Å². The van der Waals surface area contributed by atoms with Gasteiger partial charge in [0.05, 0.1) is 0 Å². The van der Waals surface area contributed by atoms with Gasteiger partial charge in [-0.25, -0.2) is 10.4 Å². The van der Waals surface area contributed by atoms with E-state index in [2.05, 4.69) is 26.4 Å². The van der Waals surface area contributed by atoms with Crippen LogP contribution in [0.1, 0.15) is 31.0 Å². The van der Waals surface area contributed by atoms with Gasteiger partial charge < -0.3 is 10.2 Å². The molecule has 1 amide bonds. The van der Waals surface area contributed by atoms with Crippen LogP contribution < -0.4 is 16.2 Å². The van der Waals surface area contributed by atoms with Gasteiger partial charge in [-0.2, -0.15) is 5.10 Å². The molecule has 3 saturated heterocycles. The zero-order chi connectivity index (χ0) is 18.9. The number of nitrogens with zero attached hydrogens (tertiary/aromatic N) is 3. The molecule has 148 valence electrons. The Kier molecular flexibility index (Phi) is 4.84. The molecule has 3 aliphatic rings. The summed E-state index contributed by atoms with van der Waals surface area (Å²) in [6.45, 7) is 3.42. The van der Waals surface area contributed by atoms with Crippen LogP contribution >= 0.6 is 0 Å². The Morgan fingerprint density at radius 1 is 1.14 bits per heavy atom. The number of hydrogen-bond acceptors (Lipinski definition) is 6. The summed E-state index contributed by atoms with van der Waals surface area (Å²) in [5, 5.41) is 10.9. The van der Waals surface area contributed by atoms with Gasteiger partial charge in [0, 0.05) is 43.1 Å². The van der Waals surface area contributed by atoms with E-state index in [-0.39, 0.29) is 17.9 Å². The van der Waals surface area contributed by atoms with Gasteiger partial charge >= 0.3 is 0 Å². The maximum absolute atomic E-state index is 13.2. The van der Waals surface area contributed by atoms with Gasteiger partial charge in [0.25, 0.3) is 0 Å². The summed E-state index contributed by atoms with van der Waals surface area (Å²) in [6, 6.07) is 10.2. The number of carbonyl (C=O) groups excluding carboxylic acids is 1. The van der Waals surface area contributed by atoms with E-state index < -0.39 is 0 Å². The first-order valence-electron chi connectivity index (χ1n) is 10.3. The molecule has 8 nitrogen and oxygen atoms in total. The minimum Gasteiger partial charge on any atom is -0.341 e. The topological polar surface area (TPSA) is 98.0 Å². The molecule has 3 aliphatic heterocycles. The molecule has 0 bridgehead atoms. The van der Waals surface area contributed by atoms with Crippen LogP contribution in [-0.4, -0.2) is 64.3 Å². The van der Waals surface area contributed by atoms with Crippen molar-refractivity contribution in [1.29, 1.82) is 0 Å². The summed E-state index contributed by atoms with van der Waals surface area (Å²) in [5.41, 5.74) is 7.59. The van der Waals surface area contributed by atoms with E-state index in [1.165, 1.54) is 0 Å². The number of aromatic amines is 1. The summed E-state index contributed by atoms with van der Waals surface area (Å²) in [5.74, 6) is 2.33. The van der Waals surface area contributed by atoms with Crippen LogP contribution in [0.4, 0.5) is 0 Å². The second kappa shape index (κ2) is 7.62. The second-order valence-electron chi connectivity index (χ2n) is 8.06. The minimum atomic E-state index is -0.147. The first-order valence-corrected chi connectivity index (χ1v) is 10.3. The van der Waals surface area contributed by atoms with Crippen molar-refractivity contribution in [2.75, 3.05) is 26.2 Å². The zero-order valence-corrected chi connectivity index (χ0v) is 15.9. The lowest BCUT2D eigenvalue weighted by atomic mass is 9.88. The van der Waals surface area contributed by atoms with Crippen LogP contribution in [0.15, 0.2) is 30.3 Å². The van der Waals surface area contributed by atoms with Crippen molar-refractivity contribution in [2.45, 2.75) is 37.3 Å². The molecule has 4 heterocycles. The molecule has 4 atom stereocenters. The molecular weight excluding hydrogens is 354 g/mol. The molecule has 0 aliphatic carbocycles. The van der Waals surface area contributed by atoms with E-state index in [0.717, 1.165) is 56.1 Å². The summed E-state index contributed by atoms with van der Waals surface area (Å²) < 4.78 is 0. The molecular formula is C20H27N7O. The first kappa shape index (κ1) is 17.8. The van der Waals surface area contributed by atoms with Crippen molar-refractivity contribution < 1.29 is 4.79 Å². The first-order chi connectivity index (χ1) is 13.8. The summed E-state index contributed by atoms with van der Waals surface area (Å²) in [6.07, 6.45) is 3.08. The highest BCUT2D eigenvalue weighted by atomic mass is 16.2. The molecule has 0 saturated carbocycles. The summed E-state index contributed by atoms with van der Waals surface area (Å²) in [4.78, 5) is 19.9. The normalized spacial score (nSPS) is 30.2. The number of benzene rings is 1. The van der Waals surface area contributed by atoms with Crippen LogP contribution in [-0.2, 0) is 4.79 Å². The van der Waals surface area contributed by atoms with Crippen LogP contribution in [0.5, 0.6) is 0 Å². The van der Waals surface area contributed by atoms with Gasteiger partial charge in [0.1, 0.15) is 11.9 Å². The molecule has 5 rings (SSSR count). The van der Waals surface area contributed by atoms with Gasteiger partial charge in [-0.1, -0.05) is 30.3 Å². The number of aromatic nitrogens is 3. The Morgan fingerprint density at radius 2 is 2.04 bits per heavy atom. The van der Waals surface area contributed by atoms with Crippen LogP contribution in [0.25, 0.3) is 11.4 Å². The Hall–Kier alpha value is -2.29. The molecule has 28 heavy (non-hydrogen) atoms. The highest BCUT2D eigenvalue weighted by molar-refractivity contribution is 5.83. The van der Waals surface area contributed by atoms with Gasteiger partial charge in [0.2, 0.25) is 5.91 Å². The molecule has 1 aromatic heterocycles. The van der Waals surface area contributed by atoms with Crippen molar-refractivity contribution in [3.63, 3.8) is 0 Å². The quantitative estimate of drug-likeness (QED) is 0.623. The fourth-order valence-electron chi connectivity index (χ4n) is 4.73. The molecule has 0 spiro atoms. The monoisotopic (exact) mass is 381 g/mol. The fraction of sp³-hybridized carbons (Fsp3) is 0.550. The Balaban J connectivity index is 1.28. The van der Waals surface area contributed by atoms with Crippen LogP contribution in [0.2, 0.25) is 0 Å². The molecule has 4 unspecified atom stereocenters. The van der Waals surface area contributed by atoms with Crippen molar-refractivity contribution in [2.24, 2.45) is 5.92 Å². The maximum Gasteiger partial charge on any atom is 0.241 e. The molecule has 1 aromatic carbocycles. The van der Waals surface area contributed by atoms with E-state index in [4.69, 9.17) is 4.98 Å². The summed E-state index contributed by atoms with van der Waals surface area (Å²) >= 11 is 0. The van der Waals surface area contributed by atoms with E-state index in [9.17, 15) is 4.79 Å². The van der Waals surface area contributed by atoms with Crippen LogP contribution in [0, 0.1) is 5.92 Å². The maximum atomic E-state index is 13.2. The third kappa shape index (κ3) is 3.32. The van der Waals surface area contributed by atoms with Gasteiger partial charge in [-0.05, 0) is 25.8 Å². The number of rotatable bonds is 3. The van der Waals surface area contributed by atoms with E-state index in [1.54, 1.807) is 0 Å². The lowest BCUT2D eigenvalue weighted by Gasteiger charge is -2.35. The van der Waals surface area contributed by atoms with E-state index in [0.29, 0.717) is 18.5 Å². The van der Waals surface area contributed by atoms with E-state index in [1.807, 2.05) is 35.2 Å². The minimum absolute atomic E-state index is 0.147. The average Bonchev–Trinajstić information content (AvgIpc) is 3.42. The van der Waals surface area contributed by atoms with Crippen molar-refractivity contribution in [1.82, 2.24) is 36.2 Å². The highest BCUT2D eigenvalue weighted by Gasteiger charge is 2.43. The van der Waals surface area contributed by atoms with Crippen molar-refractivity contribution in [3.8, 4) is 11.4 Å². The van der Waals surface area contributed by atoms with E-state index >= 15 is 0 Å². The number of piperidine rings is 2. The van der Waals surface area contributed by atoms with Gasteiger partial charge in [-0.15, -0.1) is 0 Å². The molecule has 0 radical (unpaired) electrons. The Bertz CT molecular complexity index is 823. The van der Waals surface area contributed by atoms with Gasteiger partial charge in [-0.3, -0.25) is 15.3 Å². The number of carbonyl (C=O) groups is 1. The predicted molar refractivity (Wildman–Crippen MR) is 105 cm³/mol. The standard InChI is InChI=1S/C20H27N7O/c28-20(17-15-11-21-9-8-16(15)23-24-17)27-10-4-7-14(12-27)19-22-18(25-26-19)13-5-2-1-3-6-13/h1-3,5-6,14-17,21,23-24H,4,7-12H2,(H,22,25,26). The number of likely N-dealkylation sites (tertiary alicyclic amines) is 1. The smallest absolute Gasteiger partial charge is 0.241 e. The summed E-state index contributed by atoms with van der Waals surface area (Å²) in [7, 11) is 0. The Labute approximate surface area is 164 Å². The zero-order valence-electron chi connectivity index (χ0n) is 15.9. The largest absolute Gasteiger partial charge is 0.341 e. The number of hydrogen-bond donors (Lipinski definition) is 4. The fourth-order valence-corrected chi connectivity index (χ4v) is 4.73. The third-order valence-electron chi connectivity index (χ3n) is 6.30. The molecule has 8 heteroatoms. The lowest BCUT2D eigenvalue weighted by molar-refractivity contribution is -0.135. The second-order valence-corrected chi connectivity index (χ2v) is 8.06. The third-order valence-corrected chi connectivity index (χ3v) is 6.30. The van der Waals surface area contributed by atoms with Crippen molar-refractivity contribution >= 4 is 5.91 Å². The van der Waals surface area contributed by atoms with Gasteiger partial charge in [0.15, 0.2) is 5.82 Å². The Morgan fingerprint density at radius 3 is 2.93 bits per heavy atom. The van der Waals surface area contributed by atoms with Crippen molar-refractivity contribution in [3.05, 3.63) is 36.2 Å². The SMILES string of the molecule is O=C(C1NNC2CCNCC21)N1CCCC(c2nc(-c3ccccc3)n[nH]2)C1. The molecule has 4 N–H and O–H groups in total. The number of H-pyrrole nitrogens is 1. The molecule has 2 aromatic rings. The molecule has 3 fully saturated rings. The number of fused-ring (bicyclic) bond motifs is 1.